The van der Waals surface area contributed by atoms with Crippen LogP contribution in [-0.4, -0.2) is 65.1 Å². The van der Waals surface area contributed by atoms with Crippen molar-refractivity contribution in [2.24, 2.45) is 17.8 Å². The lowest BCUT2D eigenvalue weighted by Crippen LogP contribution is -2.64. The third-order valence-electron chi connectivity index (χ3n) is 9.20. The van der Waals surface area contributed by atoms with Gasteiger partial charge in [0.25, 0.3) is 5.56 Å². The molecule has 6 rings (SSSR count). The zero-order valence-electron chi connectivity index (χ0n) is 19.3. The van der Waals surface area contributed by atoms with Crippen molar-refractivity contribution in [2.45, 2.75) is 75.9 Å². The minimum Gasteiger partial charge on any atom is -0.339 e. The normalized spacial score (nSPS) is 36.9. The second-order valence-electron chi connectivity index (χ2n) is 11.2. The van der Waals surface area contributed by atoms with Gasteiger partial charge in [0, 0.05) is 62.4 Å². The molecule has 6 heterocycles. The number of aromatic nitrogens is 1. The number of carbonyl (C=O) groups excluding carboxylic acids is 1. The van der Waals surface area contributed by atoms with Crippen molar-refractivity contribution >= 4 is 5.91 Å². The number of hydrogen-bond donors (Lipinski definition) is 1. The van der Waals surface area contributed by atoms with Crippen LogP contribution in [0.3, 0.4) is 0 Å². The molecule has 2 bridgehead atoms. The van der Waals surface area contributed by atoms with Crippen LogP contribution >= 0.6 is 0 Å². The molecule has 174 valence electrons. The predicted octanol–water partition coefficient (Wildman–Crippen LogP) is 2.43. The van der Waals surface area contributed by atoms with Gasteiger partial charge in [-0.3, -0.25) is 9.59 Å². The van der Waals surface area contributed by atoms with Crippen molar-refractivity contribution in [1.29, 1.82) is 0 Å². The topological polar surface area (TPSA) is 57.6 Å². The van der Waals surface area contributed by atoms with E-state index in [4.69, 9.17) is 0 Å². The van der Waals surface area contributed by atoms with Gasteiger partial charge in [0.2, 0.25) is 5.91 Å². The molecule has 4 fully saturated rings. The minimum atomic E-state index is 0.169. The van der Waals surface area contributed by atoms with Crippen molar-refractivity contribution in [2.75, 3.05) is 32.7 Å². The fraction of sp³-hybridized carbons (Fsp3) is 0.769. The lowest BCUT2D eigenvalue weighted by Gasteiger charge is -2.53. The molecular formula is C26H38N4O2. The van der Waals surface area contributed by atoms with E-state index in [1.807, 2.05) is 10.6 Å². The molecule has 32 heavy (non-hydrogen) atoms. The van der Waals surface area contributed by atoms with Crippen LogP contribution in [0.5, 0.6) is 0 Å². The van der Waals surface area contributed by atoms with Crippen LogP contribution in [0, 0.1) is 17.8 Å². The van der Waals surface area contributed by atoms with E-state index < -0.39 is 0 Å². The Balaban J connectivity index is 1.09. The van der Waals surface area contributed by atoms with Gasteiger partial charge in [0.15, 0.2) is 0 Å². The van der Waals surface area contributed by atoms with E-state index in [-0.39, 0.29) is 5.56 Å². The summed E-state index contributed by atoms with van der Waals surface area (Å²) in [5.74, 6) is 2.78. The monoisotopic (exact) mass is 438 g/mol. The first-order chi connectivity index (χ1) is 15.7. The molecule has 1 aromatic rings. The molecular weight excluding hydrogens is 400 g/mol. The summed E-state index contributed by atoms with van der Waals surface area (Å²) in [6.07, 6.45) is 9.26. The third kappa shape index (κ3) is 3.73. The van der Waals surface area contributed by atoms with Crippen molar-refractivity contribution in [3.05, 3.63) is 34.2 Å². The fourth-order valence-electron chi connectivity index (χ4n) is 7.91. The second kappa shape index (κ2) is 8.60. The fourth-order valence-corrected chi connectivity index (χ4v) is 7.91. The molecule has 5 aliphatic rings. The van der Waals surface area contributed by atoms with Gasteiger partial charge in [-0.2, -0.15) is 0 Å². The van der Waals surface area contributed by atoms with E-state index in [2.05, 4.69) is 21.2 Å². The standard InChI is InChI=1S/C26H38N4O2/c31-24-9-1-7-22-20-13-18(15-29(22)24)14-28(16-20)12-4-5-19-17-30-23(8-2-10-25(30)32)21-6-3-11-27-26(19)21/h1,7,9,18-21,23,26-27H,2-6,8,10-17H2/t18-,19+,20-,21-,23+,26-/m1/s1. The maximum absolute atomic E-state index is 12.7. The summed E-state index contributed by atoms with van der Waals surface area (Å²) in [6, 6.07) is 6.90. The molecule has 6 heteroatoms. The van der Waals surface area contributed by atoms with Gasteiger partial charge in [0.05, 0.1) is 0 Å². The highest BCUT2D eigenvalue weighted by molar-refractivity contribution is 5.77. The zero-order chi connectivity index (χ0) is 21.7. The summed E-state index contributed by atoms with van der Waals surface area (Å²) in [5.41, 5.74) is 1.41. The van der Waals surface area contributed by atoms with Crippen LogP contribution in [0.1, 0.15) is 63.0 Å². The Labute approximate surface area is 191 Å². The number of pyridine rings is 1. The highest BCUT2D eigenvalue weighted by Crippen LogP contribution is 2.40. The van der Waals surface area contributed by atoms with E-state index in [1.54, 1.807) is 6.07 Å². The quantitative estimate of drug-likeness (QED) is 0.785. The number of likely N-dealkylation sites (tertiary alicyclic amines) is 1. The zero-order valence-corrected chi connectivity index (χ0v) is 19.3. The van der Waals surface area contributed by atoms with Gasteiger partial charge in [-0.05, 0) is 81.9 Å². The second-order valence-corrected chi connectivity index (χ2v) is 11.2. The van der Waals surface area contributed by atoms with E-state index in [1.165, 1.54) is 44.2 Å². The summed E-state index contributed by atoms with van der Waals surface area (Å²) in [7, 11) is 0. The first-order valence-electron chi connectivity index (χ1n) is 13.1. The van der Waals surface area contributed by atoms with Crippen LogP contribution in [0.15, 0.2) is 23.0 Å². The van der Waals surface area contributed by atoms with Crippen LogP contribution in [0.2, 0.25) is 0 Å². The molecule has 1 aromatic heterocycles. The summed E-state index contributed by atoms with van der Waals surface area (Å²) < 4.78 is 2.03. The first-order valence-corrected chi connectivity index (χ1v) is 13.1. The minimum absolute atomic E-state index is 0.169. The van der Waals surface area contributed by atoms with Crippen LogP contribution in [0.4, 0.5) is 0 Å². The van der Waals surface area contributed by atoms with Gasteiger partial charge in [-0.25, -0.2) is 0 Å². The average Bonchev–Trinajstić information content (AvgIpc) is 2.80. The number of carbonyl (C=O) groups is 1. The molecule has 5 aliphatic heterocycles. The number of nitrogens with zero attached hydrogens (tertiary/aromatic N) is 3. The maximum atomic E-state index is 12.7. The molecule has 6 atom stereocenters. The SMILES string of the molecule is O=C1CCC[C@H]2[C@H]3CCCN[C@@H]3[C@@H](CCCN3C[C@H]4C[C@H](C3)c3cccc(=O)n3C4)CN12. The molecule has 0 aromatic carbocycles. The Morgan fingerprint density at radius 3 is 2.91 bits per heavy atom. The third-order valence-corrected chi connectivity index (χ3v) is 9.20. The predicted molar refractivity (Wildman–Crippen MR) is 125 cm³/mol. The molecule has 0 radical (unpaired) electrons. The number of piperidine rings is 4. The summed E-state index contributed by atoms with van der Waals surface area (Å²) in [6.45, 7) is 6.36. The van der Waals surface area contributed by atoms with Crippen molar-refractivity contribution < 1.29 is 4.79 Å². The van der Waals surface area contributed by atoms with Crippen molar-refractivity contribution in [3.8, 4) is 0 Å². The van der Waals surface area contributed by atoms with Gasteiger partial charge in [0.1, 0.15) is 0 Å². The molecule has 1 N–H and O–H groups in total. The van der Waals surface area contributed by atoms with Gasteiger partial charge in [-0.15, -0.1) is 0 Å². The Hall–Kier alpha value is -1.66. The van der Waals surface area contributed by atoms with E-state index in [0.717, 1.165) is 52.1 Å². The number of rotatable bonds is 4. The van der Waals surface area contributed by atoms with Crippen molar-refractivity contribution in [3.63, 3.8) is 0 Å². The smallest absolute Gasteiger partial charge is 0.250 e. The Kier molecular flexibility index (Phi) is 5.62. The van der Waals surface area contributed by atoms with E-state index in [0.29, 0.717) is 41.7 Å². The van der Waals surface area contributed by atoms with Crippen LogP contribution in [0.25, 0.3) is 0 Å². The molecule has 0 saturated carbocycles. The Morgan fingerprint density at radius 2 is 1.97 bits per heavy atom. The van der Waals surface area contributed by atoms with Gasteiger partial charge >= 0.3 is 0 Å². The highest BCUT2D eigenvalue weighted by Gasteiger charge is 2.46. The van der Waals surface area contributed by atoms with E-state index >= 15 is 0 Å². The van der Waals surface area contributed by atoms with Gasteiger partial charge < -0.3 is 19.7 Å². The number of nitrogens with one attached hydrogen (secondary N) is 1. The van der Waals surface area contributed by atoms with Gasteiger partial charge in [-0.1, -0.05) is 6.07 Å². The largest absolute Gasteiger partial charge is 0.339 e. The molecule has 1 amide bonds. The molecule has 6 nitrogen and oxygen atoms in total. The summed E-state index contributed by atoms with van der Waals surface area (Å²) >= 11 is 0. The number of fused-ring (bicyclic) bond motifs is 7. The Bertz CT molecular complexity index is 913. The van der Waals surface area contributed by atoms with E-state index in [9.17, 15) is 9.59 Å². The lowest BCUT2D eigenvalue weighted by molar-refractivity contribution is -0.144. The average molecular weight is 439 g/mol. The molecule has 4 saturated heterocycles. The lowest BCUT2D eigenvalue weighted by atomic mass is 9.70. The Morgan fingerprint density at radius 1 is 1.03 bits per heavy atom. The molecule has 0 spiro atoms. The summed E-state index contributed by atoms with van der Waals surface area (Å²) in [5, 5.41) is 3.87. The maximum Gasteiger partial charge on any atom is 0.250 e. The molecule has 0 aliphatic carbocycles. The molecule has 0 unspecified atom stereocenters. The number of hydrogen-bond acceptors (Lipinski definition) is 4. The van der Waals surface area contributed by atoms with Crippen LogP contribution < -0.4 is 10.9 Å². The first kappa shape index (κ1) is 20.9. The number of amides is 1. The van der Waals surface area contributed by atoms with Crippen molar-refractivity contribution in [1.82, 2.24) is 19.7 Å². The van der Waals surface area contributed by atoms with Crippen LogP contribution in [-0.2, 0) is 11.3 Å². The highest BCUT2D eigenvalue weighted by atomic mass is 16.2. The summed E-state index contributed by atoms with van der Waals surface area (Å²) in [4.78, 5) is 29.9.